The van der Waals surface area contributed by atoms with Gasteiger partial charge in [-0.3, -0.25) is 9.79 Å². The van der Waals surface area contributed by atoms with Crippen LogP contribution >= 0.6 is 24.0 Å². The summed E-state index contributed by atoms with van der Waals surface area (Å²) < 4.78 is 0. The van der Waals surface area contributed by atoms with E-state index in [0.717, 1.165) is 25.6 Å². The summed E-state index contributed by atoms with van der Waals surface area (Å²) in [7, 11) is 1.68. The van der Waals surface area contributed by atoms with Crippen molar-refractivity contribution in [3.05, 3.63) is 0 Å². The molecule has 2 aliphatic rings. The average Bonchev–Trinajstić information content (AvgIpc) is 2.87. The van der Waals surface area contributed by atoms with E-state index in [2.05, 4.69) is 22.5 Å². The Morgan fingerprint density at radius 2 is 2.00 bits per heavy atom. The van der Waals surface area contributed by atoms with Gasteiger partial charge < -0.3 is 15.5 Å². The first-order valence-electron chi connectivity index (χ1n) is 8.18. The van der Waals surface area contributed by atoms with Gasteiger partial charge in [-0.05, 0) is 45.4 Å². The molecule has 1 amide bonds. The van der Waals surface area contributed by atoms with Crippen molar-refractivity contribution in [1.82, 2.24) is 15.5 Å². The molecule has 0 unspecified atom stereocenters. The number of nitrogens with zero attached hydrogens (tertiary/aromatic N) is 2. The van der Waals surface area contributed by atoms with Crippen LogP contribution in [0.3, 0.4) is 0 Å². The zero-order valence-corrected chi connectivity index (χ0v) is 16.7. The van der Waals surface area contributed by atoms with Gasteiger partial charge in [0.1, 0.15) is 0 Å². The van der Waals surface area contributed by atoms with Crippen molar-refractivity contribution in [3.63, 3.8) is 0 Å². The van der Waals surface area contributed by atoms with Crippen LogP contribution < -0.4 is 10.6 Å². The largest absolute Gasteiger partial charge is 0.359 e. The molecule has 1 aliphatic carbocycles. The molecule has 1 spiro atoms. The van der Waals surface area contributed by atoms with Crippen LogP contribution in [-0.4, -0.2) is 50.0 Å². The number of hydrogen-bond acceptors (Lipinski definition) is 2. The zero-order valence-electron chi connectivity index (χ0n) is 14.4. The van der Waals surface area contributed by atoms with Crippen LogP contribution in [0.25, 0.3) is 0 Å². The number of carbonyl (C=O) groups excluding carboxylic acids is 1. The predicted octanol–water partition coefficient (Wildman–Crippen LogP) is 2.22. The van der Waals surface area contributed by atoms with Crippen LogP contribution in [0.1, 0.15) is 46.5 Å². The van der Waals surface area contributed by atoms with Gasteiger partial charge >= 0.3 is 0 Å². The molecule has 22 heavy (non-hydrogen) atoms. The van der Waals surface area contributed by atoms with Gasteiger partial charge in [-0.1, -0.05) is 6.42 Å². The van der Waals surface area contributed by atoms with Crippen LogP contribution in [0, 0.1) is 10.8 Å². The van der Waals surface area contributed by atoms with Gasteiger partial charge in [0.25, 0.3) is 0 Å². The fourth-order valence-electron chi connectivity index (χ4n) is 3.31. The molecular formula is C16H31IN4O. The lowest BCUT2D eigenvalue weighted by atomic mass is 9.68. The molecule has 1 saturated heterocycles. The van der Waals surface area contributed by atoms with Crippen molar-refractivity contribution in [2.24, 2.45) is 15.8 Å². The van der Waals surface area contributed by atoms with Crippen molar-refractivity contribution >= 4 is 35.8 Å². The summed E-state index contributed by atoms with van der Waals surface area (Å²) in [5, 5.41) is 6.10. The minimum absolute atomic E-state index is 0. The van der Waals surface area contributed by atoms with Crippen molar-refractivity contribution in [1.29, 1.82) is 0 Å². The topological polar surface area (TPSA) is 56.7 Å². The predicted molar refractivity (Wildman–Crippen MR) is 102 cm³/mol. The Kier molecular flexibility index (Phi) is 6.95. The molecule has 128 valence electrons. The maximum Gasteiger partial charge on any atom is 0.227 e. The molecular weight excluding hydrogens is 391 g/mol. The third-order valence-corrected chi connectivity index (χ3v) is 4.95. The quantitative estimate of drug-likeness (QED) is 0.415. The number of halogens is 1. The number of carbonyl (C=O) groups is 1. The summed E-state index contributed by atoms with van der Waals surface area (Å²) in [6, 6.07) is 0. The summed E-state index contributed by atoms with van der Waals surface area (Å²) in [6.45, 7) is 9.56. The van der Waals surface area contributed by atoms with Crippen LogP contribution in [0.2, 0.25) is 0 Å². The SMILES string of the molecule is CCNC(=NCC(C)(C)C(=O)NC)N1CCC2(CCC2)C1.I. The molecule has 2 rings (SSSR count). The Bertz CT molecular complexity index is 418. The summed E-state index contributed by atoms with van der Waals surface area (Å²) in [6.07, 6.45) is 5.40. The van der Waals surface area contributed by atoms with Crippen molar-refractivity contribution in [2.45, 2.75) is 46.5 Å². The number of hydrogen-bond donors (Lipinski definition) is 2. The van der Waals surface area contributed by atoms with E-state index in [9.17, 15) is 4.79 Å². The average molecular weight is 422 g/mol. The number of amides is 1. The molecule has 5 nitrogen and oxygen atoms in total. The van der Waals surface area contributed by atoms with Gasteiger partial charge in [0.2, 0.25) is 5.91 Å². The fourth-order valence-corrected chi connectivity index (χ4v) is 3.31. The molecule has 0 atom stereocenters. The second kappa shape index (κ2) is 7.84. The normalized spacial score (nSPS) is 20.4. The first kappa shape index (κ1) is 19.5. The van der Waals surface area contributed by atoms with Gasteiger partial charge in [-0.15, -0.1) is 24.0 Å². The molecule has 2 N–H and O–H groups in total. The maximum absolute atomic E-state index is 11.9. The fraction of sp³-hybridized carbons (Fsp3) is 0.875. The highest BCUT2D eigenvalue weighted by molar-refractivity contribution is 14.0. The third-order valence-electron chi connectivity index (χ3n) is 4.95. The lowest BCUT2D eigenvalue weighted by Gasteiger charge is -2.38. The summed E-state index contributed by atoms with van der Waals surface area (Å²) >= 11 is 0. The number of rotatable bonds is 4. The van der Waals surface area contributed by atoms with E-state index >= 15 is 0 Å². The minimum Gasteiger partial charge on any atom is -0.359 e. The molecule has 1 saturated carbocycles. The molecule has 6 heteroatoms. The molecule has 1 aliphatic heterocycles. The van der Waals surface area contributed by atoms with Crippen molar-refractivity contribution in [2.75, 3.05) is 33.2 Å². The highest BCUT2D eigenvalue weighted by atomic mass is 127. The Labute approximate surface area is 151 Å². The van der Waals surface area contributed by atoms with Crippen LogP contribution in [0.15, 0.2) is 4.99 Å². The second-order valence-corrected chi connectivity index (χ2v) is 7.16. The monoisotopic (exact) mass is 422 g/mol. The highest BCUT2D eigenvalue weighted by Crippen LogP contribution is 2.47. The van der Waals surface area contributed by atoms with Gasteiger partial charge in [-0.25, -0.2) is 0 Å². The molecule has 0 radical (unpaired) electrons. The summed E-state index contributed by atoms with van der Waals surface area (Å²) in [4.78, 5) is 19.0. The highest BCUT2D eigenvalue weighted by Gasteiger charge is 2.43. The van der Waals surface area contributed by atoms with Crippen molar-refractivity contribution < 1.29 is 4.79 Å². The van der Waals surface area contributed by atoms with Crippen LogP contribution in [-0.2, 0) is 4.79 Å². The summed E-state index contributed by atoms with van der Waals surface area (Å²) in [5.41, 5.74) is 0.0931. The van der Waals surface area contributed by atoms with E-state index in [4.69, 9.17) is 4.99 Å². The lowest BCUT2D eigenvalue weighted by molar-refractivity contribution is -0.128. The second-order valence-electron chi connectivity index (χ2n) is 7.16. The Balaban J connectivity index is 0.00000242. The standard InChI is InChI=1S/C16H30N4O.HI/c1-5-18-14(19-11-15(2,3)13(21)17-4)20-10-9-16(12-20)7-6-8-16;/h5-12H2,1-4H3,(H,17,21)(H,18,19);1H. The van der Waals surface area contributed by atoms with Gasteiger partial charge in [0.15, 0.2) is 5.96 Å². The first-order valence-corrected chi connectivity index (χ1v) is 8.18. The molecule has 0 aromatic rings. The van der Waals surface area contributed by atoms with Crippen LogP contribution in [0.4, 0.5) is 0 Å². The van der Waals surface area contributed by atoms with Gasteiger partial charge in [-0.2, -0.15) is 0 Å². The Hall–Kier alpha value is -0.530. The molecule has 0 aromatic heterocycles. The van der Waals surface area contributed by atoms with E-state index in [0.29, 0.717) is 12.0 Å². The van der Waals surface area contributed by atoms with E-state index in [-0.39, 0.29) is 29.9 Å². The number of guanidine groups is 1. The van der Waals surface area contributed by atoms with Crippen molar-refractivity contribution in [3.8, 4) is 0 Å². The van der Waals surface area contributed by atoms with E-state index in [1.54, 1.807) is 7.05 Å². The van der Waals surface area contributed by atoms with Gasteiger partial charge in [0.05, 0.1) is 12.0 Å². The number of likely N-dealkylation sites (tertiary alicyclic amines) is 1. The molecule has 0 aromatic carbocycles. The van der Waals surface area contributed by atoms with E-state index in [1.165, 1.54) is 25.7 Å². The first-order chi connectivity index (χ1) is 9.92. The molecule has 1 heterocycles. The Morgan fingerprint density at radius 1 is 1.32 bits per heavy atom. The lowest BCUT2D eigenvalue weighted by Crippen LogP contribution is -2.44. The van der Waals surface area contributed by atoms with Crippen LogP contribution in [0.5, 0.6) is 0 Å². The third kappa shape index (κ3) is 4.26. The minimum atomic E-state index is -0.469. The number of nitrogens with one attached hydrogen (secondary N) is 2. The zero-order chi connectivity index (χ0) is 15.5. The van der Waals surface area contributed by atoms with Gasteiger partial charge in [0, 0.05) is 26.7 Å². The smallest absolute Gasteiger partial charge is 0.227 e. The number of aliphatic imine (C=N–C) groups is 1. The Morgan fingerprint density at radius 3 is 2.45 bits per heavy atom. The summed E-state index contributed by atoms with van der Waals surface area (Å²) in [5.74, 6) is 1.01. The van der Waals surface area contributed by atoms with E-state index in [1.807, 2.05) is 13.8 Å². The maximum atomic E-state index is 11.9. The van der Waals surface area contributed by atoms with E-state index < -0.39 is 5.41 Å². The molecule has 0 bridgehead atoms. The molecule has 2 fully saturated rings.